The average Bonchev–Trinajstić information content (AvgIpc) is 2.67. The molecule has 4 bridgehead atoms. The highest BCUT2D eigenvalue weighted by Gasteiger charge is 2.11. The number of nitrogens with zero attached hydrogens (tertiary/aromatic N) is 4. The molecule has 2 N–H and O–H groups in total. The van der Waals surface area contributed by atoms with Gasteiger partial charge in [0.1, 0.15) is 24.1 Å². The standard InChI is InChI=1S/C16H14N6O4/c23-15-13-5-2-6-14(22-13)16(24)18-10-20-26-8-12-4-1-3-11(21-12)7-25-19-9-17-15/h1-6,9-10H,7-8H2,(H,17,19,23)(H,18,20,24). The maximum atomic E-state index is 12.0. The van der Waals surface area contributed by atoms with Crippen LogP contribution in [0.1, 0.15) is 32.4 Å². The SMILES string of the molecule is O=C1N/C=N\OCc2cccc(n2)CO/N=C\NC(=O)c2cccc1n2. The molecule has 2 aromatic heterocycles. The van der Waals surface area contributed by atoms with Gasteiger partial charge in [-0.15, -0.1) is 0 Å². The van der Waals surface area contributed by atoms with E-state index >= 15 is 0 Å². The molecule has 2 amide bonds. The predicted octanol–water partition coefficient (Wildman–Crippen LogP) is 0.570. The lowest BCUT2D eigenvalue weighted by atomic mass is 10.3. The Morgan fingerprint density at radius 3 is 1.77 bits per heavy atom. The van der Waals surface area contributed by atoms with Gasteiger partial charge in [-0.1, -0.05) is 22.4 Å². The number of hydrogen-bond acceptors (Lipinski definition) is 8. The third kappa shape index (κ3) is 4.60. The number of amides is 2. The van der Waals surface area contributed by atoms with E-state index in [-0.39, 0.29) is 24.6 Å². The van der Waals surface area contributed by atoms with Crippen molar-refractivity contribution in [3.63, 3.8) is 0 Å². The lowest BCUT2D eigenvalue weighted by molar-refractivity contribution is 0.0960. The highest BCUT2D eigenvalue weighted by molar-refractivity contribution is 6.02. The molecular formula is C16H14N6O4. The number of aromatic nitrogens is 2. The second kappa shape index (κ2) is 8.33. The highest BCUT2D eigenvalue weighted by atomic mass is 16.6. The van der Waals surface area contributed by atoms with Crippen molar-refractivity contribution in [1.82, 2.24) is 20.6 Å². The second-order valence-corrected chi connectivity index (χ2v) is 4.99. The molecule has 26 heavy (non-hydrogen) atoms. The Labute approximate surface area is 147 Å². The molecule has 10 nitrogen and oxygen atoms in total. The summed E-state index contributed by atoms with van der Waals surface area (Å²) in [6, 6.07) is 9.77. The summed E-state index contributed by atoms with van der Waals surface area (Å²) < 4.78 is 0. The molecule has 3 rings (SSSR count). The molecule has 10 heteroatoms. The van der Waals surface area contributed by atoms with E-state index in [0.717, 1.165) is 12.7 Å². The molecule has 0 aromatic carbocycles. The predicted molar refractivity (Wildman–Crippen MR) is 90.0 cm³/mol. The van der Waals surface area contributed by atoms with Gasteiger partial charge in [0.2, 0.25) is 0 Å². The first-order valence-electron chi connectivity index (χ1n) is 7.53. The lowest BCUT2D eigenvalue weighted by Gasteiger charge is -2.05. The van der Waals surface area contributed by atoms with E-state index in [0.29, 0.717) is 11.4 Å². The number of carbonyl (C=O) groups is 2. The van der Waals surface area contributed by atoms with E-state index in [1.807, 2.05) is 0 Å². The highest BCUT2D eigenvalue weighted by Crippen LogP contribution is 2.04. The van der Waals surface area contributed by atoms with Crippen LogP contribution in [0.5, 0.6) is 0 Å². The van der Waals surface area contributed by atoms with E-state index in [2.05, 4.69) is 30.9 Å². The zero-order valence-electron chi connectivity index (χ0n) is 13.5. The quantitative estimate of drug-likeness (QED) is 0.712. The largest absolute Gasteiger partial charge is 0.388 e. The summed E-state index contributed by atoms with van der Waals surface area (Å²) in [7, 11) is 0. The molecule has 0 spiro atoms. The summed E-state index contributed by atoms with van der Waals surface area (Å²) in [4.78, 5) is 42.5. The maximum Gasteiger partial charge on any atom is 0.275 e. The molecule has 0 saturated carbocycles. The van der Waals surface area contributed by atoms with Crippen molar-refractivity contribution in [3.05, 3.63) is 59.2 Å². The Bertz CT molecular complexity index is 805. The third-order valence-electron chi connectivity index (χ3n) is 3.15. The summed E-state index contributed by atoms with van der Waals surface area (Å²) in [6.45, 7) is 0.237. The summed E-state index contributed by atoms with van der Waals surface area (Å²) in [6.07, 6.45) is 2.19. The molecule has 0 unspecified atom stereocenters. The first-order valence-corrected chi connectivity index (χ1v) is 7.53. The van der Waals surface area contributed by atoms with Crippen LogP contribution >= 0.6 is 0 Å². The van der Waals surface area contributed by atoms with Crippen LogP contribution in [0.2, 0.25) is 0 Å². The van der Waals surface area contributed by atoms with E-state index in [1.165, 1.54) is 18.2 Å². The zero-order chi connectivity index (χ0) is 18.2. The fourth-order valence-electron chi connectivity index (χ4n) is 1.98. The molecule has 0 atom stereocenters. The normalized spacial score (nSPS) is 17.4. The van der Waals surface area contributed by atoms with Crippen molar-refractivity contribution < 1.29 is 19.3 Å². The smallest absolute Gasteiger partial charge is 0.275 e. The van der Waals surface area contributed by atoms with Gasteiger partial charge in [-0.2, -0.15) is 0 Å². The van der Waals surface area contributed by atoms with Crippen molar-refractivity contribution in [2.75, 3.05) is 0 Å². The first-order chi connectivity index (χ1) is 12.7. The zero-order valence-corrected chi connectivity index (χ0v) is 13.5. The van der Waals surface area contributed by atoms with Gasteiger partial charge in [0.25, 0.3) is 11.8 Å². The van der Waals surface area contributed by atoms with Crippen LogP contribution in [0.25, 0.3) is 0 Å². The molecular weight excluding hydrogens is 340 g/mol. The number of pyridine rings is 2. The molecule has 0 radical (unpaired) electrons. The monoisotopic (exact) mass is 354 g/mol. The summed E-state index contributed by atoms with van der Waals surface area (Å²) >= 11 is 0. The molecule has 0 fully saturated rings. The molecule has 132 valence electrons. The van der Waals surface area contributed by atoms with Gasteiger partial charge in [0.05, 0.1) is 11.4 Å². The Balaban J connectivity index is 1.79. The van der Waals surface area contributed by atoms with Crippen molar-refractivity contribution >= 4 is 24.5 Å². The Hall–Kier alpha value is -3.82. The van der Waals surface area contributed by atoms with Crippen LogP contribution < -0.4 is 10.6 Å². The van der Waals surface area contributed by atoms with E-state index in [9.17, 15) is 9.59 Å². The van der Waals surface area contributed by atoms with Crippen LogP contribution in [0.3, 0.4) is 0 Å². The molecule has 0 aliphatic carbocycles. The minimum atomic E-state index is -0.537. The number of fused-ring (bicyclic) bond motifs is 4. The second-order valence-electron chi connectivity index (χ2n) is 4.99. The molecule has 1 aliphatic rings. The molecule has 3 heterocycles. The van der Waals surface area contributed by atoms with Gasteiger partial charge < -0.3 is 20.3 Å². The van der Waals surface area contributed by atoms with Crippen molar-refractivity contribution in [3.8, 4) is 0 Å². The summed E-state index contributed by atoms with van der Waals surface area (Å²) in [5.74, 6) is -1.07. The first kappa shape index (κ1) is 17.0. The van der Waals surface area contributed by atoms with Gasteiger partial charge >= 0.3 is 0 Å². The topological polar surface area (TPSA) is 127 Å². The van der Waals surface area contributed by atoms with Crippen LogP contribution in [0.15, 0.2) is 46.7 Å². The molecule has 2 aromatic rings. The van der Waals surface area contributed by atoms with Gasteiger partial charge in [-0.3, -0.25) is 14.6 Å². The van der Waals surface area contributed by atoms with Gasteiger partial charge in [-0.05, 0) is 24.3 Å². The van der Waals surface area contributed by atoms with Crippen LogP contribution in [0, 0.1) is 0 Å². The number of rotatable bonds is 0. The molecule has 1 aliphatic heterocycles. The van der Waals surface area contributed by atoms with Crippen molar-refractivity contribution in [2.45, 2.75) is 13.2 Å². The van der Waals surface area contributed by atoms with Gasteiger partial charge in [0.15, 0.2) is 13.2 Å². The van der Waals surface area contributed by atoms with Crippen LogP contribution in [-0.2, 0) is 22.9 Å². The number of nitrogens with one attached hydrogen (secondary N) is 2. The lowest BCUT2D eigenvalue weighted by Crippen LogP contribution is -2.26. The Morgan fingerprint density at radius 1 is 0.731 bits per heavy atom. The third-order valence-corrected chi connectivity index (χ3v) is 3.15. The fraction of sp³-hybridized carbons (Fsp3) is 0.125. The van der Waals surface area contributed by atoms with Crippen LogP contribution in [-0.4, -0.2) is 34.5 Å². The van der Waals surface area contributed by atoms with E-state index < -0.39 is 11.8 Å². The van der Waals surface area contributed by atoms with Crippen molar-refractivity contribution in [2.24, 2.45) is 10.3 Å². The van der Waals surface area contributed by atoms with Crippen LogP contribution in [0.4, 0.5) is 0 Å². The van der Waals surface area contributed by atoms with Crippen molar-refractivity contribution in [1.29, 1.82) is 0 Å². The summed E-state index contributed by atoms with van der Waals surface area (Å²) in [5, 5.41) is 12.1. The Morgan fingerprint density at radius 2 is 1.23 bits per heavy atom. The maximum absolute atomic E-state index is 12.0. The number of oxime groups is 2. The summed E-state index contributed by atoms with van der Waals surface area (Å²) in [5.41, 5.74) is 1.35. The number of hydrogen-bond donors (Lipinski definition) is 2. The minimum Gasteiger partial charge on any atom is -0.388 e. The molecule has 0 saturated heterocycles. The van der Waals surface area contributed by atoms with Gasteiger partial charge in [0, 0.05) is 0 Å². The van der Waals surface area contributed by atoms with E-state index in [1.54, 1.807) is 18.2 Å². The van der Waals surface area contributed by atoms with E-state index in [4.69, 9.17) is 9.68 Å². The Kier molecular flexibility index (Phi) is 5.45. The fourth-order valence-corrected chi connectivity index (χ4v) is 1.98. The van der Waals surface area contributed by atoms with Gasteiger partial charge in [-0.25, -0.2) is 4.98 Å². The average molecular weight is 354 g/mol. The number of carbonyl (C=O) groups excluding carboxylic acids is 2. The minimum absolute atomic E-state index is 0.0489.